The monoisotopic (exact) mass is 321 g/mol. The topological polar surface area (TPSA) is 83.1 Å². The van der Waals surface area contributed by atoms with Crippen molar-refractivity contribution in [1.29, 1.82) is 0 Å². The molecule has 0 spiro atoms. The molecule has 3 N–H and O–H groups in total. The maximum absolute atomic E-state index is 12.6. The maximum atomic E-state index is 12.6. The Morgan fingerprint density at radius 2 is 2.30 bits per heavy atom. The van der Waals surface area contributed by atoms with Gasteiger partial charge in [-0.05, 0) is 18.1 Å². The van der Waals surface area contributed by atoms with Crippen molar-refractivity contribution in [3.05, 3.63) is 18.2 Å². The second-order valence-corrected chi connectivity index (χ2v) is 6.23. The van der Waals surface area contributed by atoms with Crippen molar-refractivity contribution < 1.29 is 19.4 Å². The number of aliphatic hydroxyl groups excluding tert-OH is 1. The largest absolute Gasteiger partial charge is 0.497 e. The van der Waals surface area contributed by atoms with Crippen molar-refractivity contribution in [1.82, 2.24) is 10.2 Å². The molecule has 23 heavy (non-hydrogen) atoms. The molecule has 2 aliphatic heterocycles. The van der Waals surface area contributed by atoms with E-state index < -0.39 is 0 Å². The quantitative estimate of drug-likeness (QED) is 0.762. The van der Waals surface area contributed by atoms with E-state index in [1.807, 2.05) is 0 Å². The van der Waals surface area contributed by atoms with Crippen LogP contribution in [0.15, 0.2) is 18.2 Å². The van der Waals surface area contributed by atoms with Crippen LogP contribution in [0.1, 0.15) is 0 Å². The minimum Gasteiger partial charge on any atom is -0.497 e. The molecule has 7 heteroatoms. The van der Waals surface area contributed by atoms with E-state index in [-0.39, 0.29) is 18.1 Å². The smallest absolute Gasteiger partial charge is 0.321 e. The van der Waals surface area contributed by atoms with Crippen LogP contribution in [-0.2, 0) is 0 Å². The number of ether oxygens (including phenoxy) is 2. The molecule has 2 heterocycles. The molecule has 2 unspecified atom stereocenters. The van der Waals surface area contributed by atoms with Gasteiger partial charge in [0.2, 0.25) is 0 Å². The fourth-order valence-corrected chi connectivity index (χ4v) is 3.51. The number of methoxy groups -OCH3 is 2. The molecular weight excluding hydrogens is 298 g/mol. The number of carbonyl (C=O) groups excluding carboxylic acids is 1. The van der Waals surface area contributed by atoms with E-state index in [0.29, 0.717) is 36.2 Å². The summed E-state index contributed by atoms with van der Waals surface area (Å²) in [6, 6.07) is 5.09. The molecular formula is C16H23N3O4. The van der Waals surface area contributed by atoms with Gasteiger partial charge >= 0.3 is 6.03 Å². The Kier molecular flexibility index (Phi) is 4.32. The molecule has 0 aliphatic carbocycles. The SMILES string of the molecule is COc1ccc(OC)c(NC(=O)N2CC3CNCC3(CO)C2)c1. The number of amides is 2. The van der Waals surface area contributed by atoms with Gasteiger partial charge in [-0.2, -0.15) is 0 Å². The van der Waals surface area contributed by atoms with Crippen LogP contribution in [0.4, 0.5) is 10.5 Å². The fourth-order valence-electron chi connectivity index (χ4n) is 3.51. The van der Waals surface area contributed by atoms with Gasteiger partial charge in [0.05, 0.1) is 26.5 Å². The second-order valence-electron chi connectivity index (χ2n) is 6.23. The molecule has 2 atom stereocenters. The van der Waals surface area contributed by atoms with Gasteiger partial charge in [0, 0.05) is 37.7 Å². The zero-order chi connectivity index (χ0) is 16.4. The molecule has 0 saturated carbocycles. The Balaban J connectivity index is 1.73. The lowest BCUT2D eigenvalue weighted by atomic mass is 9.82. The van der Waals surface area contributed by atoms with Crippen molar-refractivity contribution in [3.8, 4) is 11.5 Å². The van der Waals surface area contributed by atoms with E-state index >= 15 is 0 Å². The first-order chi connectivity index (χ1) is 11.1. The number of benzene rings is 1. The van der Waals surface area contributed by atoms with Crippen molar-refractivity contribution >= 4 is 11.7 Å². The molecule has 0 aromatic heterocycles. The number of fused-ring (bicyclic) bond motifs is 1. The maximum Gasteiger partial charge on any atom is 0.321 e. The number of anilines is 1. The third-order valence-corrected chi connectivity index (χ3v) is 4.93. The lowest BCUT2D eigenvalue weighted by Gasteiger charge is -2.25. The molecule has 2 amide bonds. The lowest BCUT2D eigenvalue weighted by Crippen LogP contribution is -2.39. The molecule has 2 fully saturated rings. The van der Waals surface area contributed by atoms with Crippen LogP contribution in [0.3, 0.4) is 0 Å². The minimum absolute atomic E-state index is 0.0942. The van der Waals surface area contributed by atoms with E-state index in [1.165, 1.54) is 0 Å². The van der Waals surface area contributed by atoms with E-state index in [0.717, 1.165) is 13.1 Å². The molecule has 126 valence electrons. The molecule has 2 saturated heterocycles. The van der Waals surface area contributed by atoms with Crippen LogP contribution in [0.25, 0.3) is 0 Å². The van der Waals surface area contributed by atoms with Crippen LogP contribution in [0.5, 0.6) is 11.5 Å². The molecule has 0 bridgehead atoms. The van der Waals surface area contributed by atoms with Gasteiger partial charge in [-0.15, -0.1) is 0 Å². The minimum atomic E-state index is -0.212. The highest BCUT2D eigenvalue weighted by atomic mass is 16.5. The Hall–Kier alpha value is -1.99. The van der Waals surface area contributed by atoms with Crippen molar-refractivity contribution in [2.75, 3.05) is 52.3 Å². The summed E-state index contributed by atoms with van der Waals surface area (Å²) < 4.78 is 10.5. The summed E-state index contributed by atoms with van der Waals surface area (Å²) >= 11 is 0. The Labute approximate surface area is 135 Å². The molecule has 1 aromatic rings. The third kappa shape index (κ3) is 2.82. The number of urea groups is 1. The molecule has 7 nitrogen and oxygen atoms in total. The first-order valence-electron chi connectivity index (χ1n) is 7.71. The number of likely N-dealkylation sites (tertiary alicyclic amines) is 1. The average molecular weight is 321 g/mol. The van der Waals surface area contributed by atoms with Crippen molar-refractivity contribution in [2.24, 2.45) is 11.3 Å². The number of hydrogen-bond acceptors (Lipinski definition) is 5. The Morgan fingerprint density at radius 1 is 1.48 bits per heavy atom. The summed E-state index contributed by atoms with van der Waals surface area (Å²) in [5.41, 5.74) is 0.362. The number of carbonyl (C=O) groups is 1. The predicted molar refractivity (Wildman–Crippen MR) is 86.0 cm³/mol. The standard InChI is InChI=1S/C16H23N3O4/c1-22-12-3-4-14(23-2)13(5-12)18-15(21)19-7-11-6-17-8-16(11,9-19)10-20/h3-5,11,17,20H,6-10H2,1-2H3,(H,18,21). The molecule has 1 aromatic carbocycles. The number of rotatable bonds is 4. The van der Waals surface area contributed by atoms with Gasteiger partial charge in [-0.1, -0.05) is 0 Å². The zero-order valence-electron chi connectivity index (χ0n) is 13.5. The summed E-state index contributed by atoms with van der Waals surface area (Å²) in [4.78, 5) is 14.4. The predicted octanol–water partition coefficient (Wildman–Crippen LogP) is 0.749. The number of aliphatic hydroxyl groups is 1. The second kappa shape index (κ2) is 6.25. The van der Waals surface area contributed by atoms with Gasteiger partial charge in [0.15, 0.2) is 0 Å². The van der Waals surface area contributed by atoms with Crippen LogP contribution in [0.2, 0.25) is 0 Å². The first kappa shape index (κ1) is 15.9. The third-order valence-electron chi connectivity index (χ3n) is 4.93. The van der Waals surface area contributed by atoms with Gasteiger partial charge in [-0.3, -0.25) is 0 Å². The van der Waals surface area contributed by atoms with Crippen LogP contribution in [0, 0.1) is 11.3 Å². The normalized spacial score (nSPS) is 26.0. The fraction of sp³-hybridized carbons (Fsp3) is 0.562. The Bertz CT molecular complexity index is 595. The molecule has 0 radical (unpaired) electrons. The van der Waals surface area contributed by atoms with Gasteiger partial charge < -0.3 is 30.1 Å². The number of nitrogens with zero attached hydrogens (tertiary/aromatic N) is 1. The summed E-state index contributed by atoms with van der Waals surface area (Å²) in [7, 11) is 3.14. The van der Waals surface area contributed by atoms with E-state index in [2.05, 4.69) is 10.6 Å². The first-order valence-corrected chi connectivity index (χ1v) is 7.71. The number of nitrogens with one attached hydrogen (secondary N) is 2. The van der Waals surface area contributed by atoms with Gasteiger partial charge in [-0.25, -0.2) is 4.79 Å². The van der Waals surface area contributed by atoms with Crippen molar-refractivity contribution in [3.63, 3.8) is 0 Å². The average Bonchev–Trinajstić information content (AvgIpc) is 3.12. The Morgan fingerprint density at radius 3 is 2.96 bits per heavy atom. The lowest BCUT2D eigenvalue weighted by molar-refractivity contribution is 0.127. The van der Waals surface area contributed by atoms with E-state index in [1.54, 1.807) is 37.3 Å². The van der Waals surface area contributed by atoms with Gasteiger partial charge in [0.25, 0.3) is 0 Å². The summed E-state index contributed by atoms with van der Waals surface area (Å²) in [6.07, 6.45) is 0. The number of hydrogen-bond donors (Lipinski definition) is 3. The summed E-state index contributed by atoms with van der Waals surface area (Å²) in [5.74, 6) is 1.53. The van der Waals surface area contributed by atoms with Crippen LogP contribution >= 0.6 is 0 Å². The summed E-state index contributed by atoms with van der Waals surface area (Å²) in [6.45, 7) is 2.88. The highest BCUT2D eigenvalue weighted by Gasteiger charge is 2.50. The highest BCUT2D eigenvalue weighted by Crippen LogP contribution is 2.39. The van der Waals surface area contributed by atoms with E-state index in [4.69, 9.17) is 9.47 Å². The van der Waals surface area contributed by atoms with E-state index in [9.17, 15) is 9.90 Å². The summed E-state index contributed by atoms with van der Waals surface area (Å²) in [5, 5.41) is 15.9. The molecule has 2 aliphatic rings. The molecule has 3 rings (SSSR count). The zero-order valence-corrected chi connectivity index (χ0v) is 13.5. The highest BCUT2D eigenvalue weighted by molar-refractivity contribution is 5.91. The van der Waals surface area contributed by atoms with Crippen LogP contribution < -0.4 is 20.1 Å². The van der Waals surface area contributed by atoms with Crippen LogP contribution in [-0.4, -0.2) is 63.0 Å². The van der Waals surface area contributed by atoms with Crippen molar-refractivity contribution in [2.45, 2.75) is 0 Å². The van der Waals surface area contributed by atoms with Gasteiger partial charge in [0.1, 0.15) is 11.5 Å².